The minimum atomic E-state index is -0.252. The Labute approximate surface area is 104 Å². The normalized spacial score (nSPS) is 14.7. The third kappa shape index (κ3) is 2.53. The van der Waals surface area contributed by atoms with Gasteiger partial charge in [-0.2, -0.15) is 0 Å². The average Bonchev–Trinajstić information content (AvgIpc) is 2.68. The van der Waals surface area contributed by atoms with E-state index in [2.05, 4.69) is 5.32 Å². The highest BCUT2D eigenvalue weighted by Crippen LogP contribution is 2.28. The predicted octanol–water partition coefficient (Wildman–Crippen LogP) is 2.68. The number of carbonyl (C=O) groups excluding carboxylic acids is 1. The molecule has 0 aromatic heterocycles. The van der Waals surface area contributed by atoms with Gasteiger partial charge >= 0.3 is 0 Å². The summed E-state index contributed by atoms with van der Waals surface area (Å²) >= 11 is 5.70. The second-order valence-corrected chi connectivity index (χ2v) is 4.19. The lowest BCUT2D eigenvalue weighted by Crippen LogP contribution is -2.14. The predicted molar refractivity (Wildman–Crippen MR) is 65.0 cm³/mol. The van der Waals surface area contributed by atoms with Crippen LogP contribution in [0.3, 0.4) is 0 Å². The maximum atomic E-state index is 11.9. The number of anilines is 1. The van der Waals surface area contributed by atoms with Crippen LogP contribution in [0.25, 0.3) is 0 Å². The van der Waals surface area contributed by atoms with Crippen LogP contribution >= 0.6 is 11.6 Å². The van der Waals surface area contributed by atoms with Crippen molar-refractivity contribution in [3.63, 3.8) is 0 Å². The molecule has 1 aliphatic heterocycles. The van der Waals surface area contributed by atoms with Gasteiger partial charge < -0.3 is 15.2 Å². The fourth-order valence-corrected chi connectivity index (χ4v) is 1.82. The van der Waals surface area contributed by atoms with E-state index in [1.807, 2.05) is 0 Å². The molecule has 1 aromatic carbocycles. The van der Waals surface area contributed by atoms with Crippen molar-refractivity contribution in [3.05, 3.63) is 34.6 Å². The Balaban J connectivity index is 2.16. The molecule has 1 aromatic rings. The summed E-state index contributed by atoms with van der Waals surface area (Å²) < 4.78 is 5.21. The van der Waals surface area contributed by atoms with Crippen LogP contribution in [0.2, 0.25) is 5.02 Å². The van der Waals surface area contributed by atoms with Crippen LogP contribution in [0, 0.1) is 0 Å². The second kappa shape index (κ2) is 4.67. The van der Waals surface area contributed by atoms with Crippen molar-refractivity contribution in [1.29, 1.82) is 0 Å². The van der Waals surface area contributed by atoms with Crippen molar-refractivity contribution in [2.24, 2.45) is 0 Å². The summed E-state index contributed by atoms with van der Waals surface area (Å²) in [5, 5.41) is 12.6. The zero-order valence-corrected chi connectivity index (χ0v) is 10.0. The van der Waals surface area contributed by atoms with Gasteiger partial charge in [0, 0.05) is 17.5 Å². The molecule has 2 rings (SSSR count). The molecule has 1 amide bonds. The van der Waals surface area contributed by atoms with Gasteiger partial charge in [-0.05, 0) is 19.1 Å². The molecule has 0 aliphatic carbocycles. The smallest absolute Gasteiger partial charge is 0.255 e. The molecule has 5 heteroatoms. The van der Waals surface area contributed by atoms with E-state index >= 15 is 0 Å². The number of carbonyl (C=O) groups is 1. The van der Waals surface area contributed by atoms with Crippen LogP contribution in [0.1, 0.15) is 13.3 Å². The first-order chi connectivity index (χ1) is 8.08. The van der Waals surface area contributed by atoms with Crippen LogP contribution in [0.15, 0.2) is 29.5 Å². The van der Waals surface area contributed by atoms with E-state index in [9.17, 15) is 9.90 Å². The first kappa shape index (κ1) is 11.8. The molecular formula is C12H12ClNO3. The van der Waals surface area contributed by atoms with Gasteiger partial charge in [0.2, 0.25) is 0 Å². The molecule has 1 aliphatic rings. The molecule has 90 valence electrons. The van der Waals surface area contributed by atoms with E-state index in [0.717, 1.165) is 0 Å². The zero-order chi connectivity index (χ0) is 12.4. The van der Waals surface area contributed by atoms with E-state index in [0.29, 0.717) is 35.1 Å². The Bertz CT molecular complexity index is 497. The zero-order valence-electron chi connectivity index (χ0n) is 9.29. The van der Waals surface area contributed by atoms with Crippen molar-refractivity contribution < 1.29 is 14.6 Å². The summed E-state index contributed by atoms with van der Waals surface area (Å²) in [5.41, 5.74) is 0.950. The summed E-state index contributed by atoms with van der Waals surface area (Å²) in [5.74, 6) is 0.330. The van der Waals surface area contributed by atoms with E-state index in [4.69, 9.17) is 16.3 Å². The Hall–Kier alpha value is -1.68. The molecule has 17 heavy (non-hydrogen) atoms. The van der Waals surface area contributed by atoms with Crippen molar-refractivity contribution in [1.82, 2.24) is 0 Å². The summed E-state index contributed by atoms with van der Waals surface area (Å²) in [6.07, 6.45) is 0.589. The van der Waals surface area contributed by atoms with E-state index < -0.39 is 0 Å². The van der Waals surface area contributed by atoms with Crippen LogP contribution in [0.5, 0.6) is 5.75 Å². The third-order valence-electron chi connectivity index (χ3n) is 2.58. The van der Waals surface area contributed by atoms with E-state index in [-0.39, 0.29) is 11.7 Å². The minimum Gasteiger partial charge on any atom is -0.506 e. The van der Waals surface area contributed by atoms with Crippen LogP contribution < -0.4 is 5.32 Å². The van der Waals surface area contributed by atoms with Gasteiger partial charge in [-0.1, -0.05) is 11.6 Å². The number of hydrogen-bond donors (Lipinski definition) is 2. The molecule has 4 nitrogen and oxygen atoms in total. The number of benzene rings is 1. The first-order valence-corrected chi connectivity index (χ1v) is 5.58. The molecule has 0 fully saturated rings. The van der Waals surface area contributed by atoms with Gasteiger partial charge in [0.05, 0.1) is 17.9 Å². The van der Waals surface area contributed by atoms with Gasteiger partial charge in [-0.3, -0.25) is 4.79 Å². The van der Waals surface area contributed by atoms with Crippen LogP contribution in [-0.2, 0) is 9.53 Å². The van der Waals surface area contributed by atoms with Gasteiger partial charge in [0.15, 0.2) is 0 Å². The average molecular weight is 254 g/mol. The number of phenols is 1. The first-order valence-electron chi connectivity index (χ1n) is 5.20. The number of rotatable bonds is 2. The topological polar surface area (TPSA) is 58.6 Å². The van der Waals surface area contributed by atoms with Crippen LogP contribution in [-0.4, -0.2) is 17.6 Å². The SMILES string of the molecule is CC1=C(C(=O)Nc2ccc(Cl)cc2O)CCO1. The number of nitrogens with one attached hydrogen (secondary N) is 1. The van der Waals surface area contributed by atoms with E-state index in [1.165, 1.54) is 6.07 Å². The van der Waals surface area contributed by atoms with Crippen molar-refractivity contribution in [3.8, 4) is 5.75 Å². The Morgan fingerprint density at radius 1 is 1.53 bits per heavy atom. The second-order valence-electron chi connectivity index (χ2n) is 3.75. The summed E-state index contributed by atoms with van der Waals surface area (Å²) in [4.78, 5) is 11.9. The van der Waals surface area contributed by atoms with E-state index in [1.54, 1.807) is 19.1 Å². The Kier molecular flexibility index (Phi) is 3.24. The highest BCUT2D eigenvalue weighted by atomic mass is 35.5. The van der Waals surface area contributed by atoms with Gasteiger partial charge in [0.1, 0.15) is 11.5 Å². The molecule has 0 saturated carbocycles. The molecule has 2 N–H and O–H groups in total. The number of hydrogen-bond acceptors (Lipinski definition) is 3. The number of aromatic hydroxyl groups is 1. The molecule has 0 atom stereocenters. The molecule has 0 unspecified atom stereocenters. The quantitative estimate of drug-likeness (QED) is 0.797. The van der Waals surface area contributed by atoms with Crippen molar-refractivity contribution in [2.45, 2.75) is 13.3 Å². The molecule has 0 spiro atoms. The fraction of sp³-hybridized carbons (Fsp3) is 0.250. The summed E-state index contributed by atoms with van der Waals surface area (Å²) in [6, 6.07) is 4.54. The van der Waals surface area contributed by atoms with Crippen molar-refractivity contribution >= 4 is 23.2 Å². The Morgan fingerprint density at radius 2 is 2.29 bits per heavy atom. The number of allylic oxidation sites excluding steroid dienone is 1. The molecule has 0 bridgehead atoms. The minimum absolute atomic E-state index is 0.0528. The van der Waals surface area contributed by atoms with Gasteiger partial charge in [-0.15, -0.1) is 0 Å². The summed E-state index contributed by atoms with van der Waals surface area (Å²) in [7, 11) is 0. The molecular weight excluding hydrogens is 242 g/mol. The third-order valence-corrected chi connectivity index (χ3v) is 2.81. The molecule has 0 saturated heterocycles. The Morgan fingerprint density at radius 3 is 2.88 bits per heavy atom. The number of amides is 1. The fourth-order valence-electron chi connectivity index (χ4n) is 1.65. The number of halogens is 1. The lowest BCUT2D eigenvalue weighted by Gasteiger charge is -2.07. The lowest BCUT2D eigenvalue weighted by atomic mass is 10.1. The summed E-state index contributed by atoms with van der Waals surface area (Å²) in [6.45, 7) is 2.28. The van der Waals surface area contributed by atoms with Gasteiger partial charge in [0.25, 0.3) is 5.91 Å². The van der Waals surface area contributed by atoms with Crippen LogP contribution in [0.4, 0.5) is 5.69 Å². The molecule has 1 heterocycles. The lowest BCUT2D eigenvalue weighted by molar-refractivity contribution is -0.113. The largest absolute Gasteiger partial charge is 0.506 e. The number of phenolic OH excluding ortho intramolecular Hbond substituents is 1. The van der Waals surface area contributed by atoms with Crippen molar-refractivity contribution in [2.75, 3.05) is 11.9 Å². The monoisotopic (exact) mass is 253 g/mol. The highest BCUT2D eigenvalue weighted by molar-refractivity contribution is 6.30. The maximum Gasteiger partial charge on any atom is 0.255 e. The standard InChI is InChI=1S/C12H12ClNO3/c1-7-9(4-5-17-7)12(16)14-10-3-2-8(13)6-11(10)15/h2-3,6,15H,4-5H2,1H3,(H,14,16). The molecule has 0 radical (unpaired) electrons. The maximum absolute atomic E-state index is 11.9. The number of ether oxygens (including phenoxy) is 1. The van der Waals surface area contributed by atoms with Gasteiger partial charge in [-0.25, -0.2) is 0 Å². The highest BCUT2D eigenvalue weighted by Gasteiger charge is 2.20.